The van der Waals surface area contributed by atoms with Gasteiger partial charge in [0.2, 0.25) is 0 Å². The number of aromatic hydroxyl groups is 1. The number of nitrogen functional groups attached to an aromatic ring is 1. The topological polar surface area (TPSA) is 72.6 Å². The summed E-state index contributed by atoms with van der Waals surface area (Å²) in [7, 11) is 0. The van der Waals surface area contributed by atoms with Gasteiger partial charge in [-0.25, -0.2) is 4.79 Å². The number of para-hydroxylation sites is 1. The fourth-order valence-corrected chi connectivity index (χ4v) is 2.35. The molecule has 0 saturated heterocycles. The Kier molecular flexibility index (Phi) is 4.07. The lowest BCUT2D eigenvalue weighted by Crippen LogP contribution is -2.17. The predicted molar refractivity (Wildman–Crippen MR) is 69.4 cm³/mol. The molecule has 98 valence electrons. The summed E-state index contributed by atoms with van der Waals surface area (Å²) in [5, 5.41) is 9.68. The van der Waals surface area contributed by atoms with Crippen LogP contribution in [0, 0.1) is 5.92 Å². The van der Waals surface area contributed by atoms with Crippen LogP contribution in [0.2, 0.25) is 0 Å². The molecule has 0 amide bonds. The third-order valence-corrected chi connectivity index (χ3v) is 3.46. The summed E-state index contributed by atoms with van der Waals surface area (Å²) in [6.45, 7) is 0.438. The molecule has 0 spiro atoms. The number of hydrogen-bond donors (Lipinski definition) is 2. The van der Waals surface area contributed by atoms with Crippen molar-refractivity contribution in [3.05, 3.63) is 23.8 Å². The van der Waals surface area contributed by atoms with E-state index in [1.54, 1.807) is 12.1 Å². The zero-order chi connectivity index (χ0) is 13.0. The average molecular weight is 249 g/mol. The van der Waals surface area contributed by atoms with E-state index in [4.69, 9.17) is 10.5 Å². The molecular weight excluding hydrogens is 230 g/mol. The van der Waals surface area contributed by atoms with Crippen molar-refractivity contribution in [2.75, 3.05) is 12.3 Å². The molecule has 3 N–H and O–H groups in total. The molecule has 0 aliphatic heterocycles. The van der Waals surface area contributed by atoms with Gasteiger partial charge in [0.25, 0.3) is 0 Å². The molecule has 18 heavy (non-hydrogen) atoms. The van der Waals surface area contributed by atoms with Gasteiger partial charge in [0.1, 0.15) is 5.56 Å². The Morgan fingerprint density at radius 3 is 2.78 bits per heavy atom. The van der Waals surface area contributed by atoms with Gasteiger partial charge in [-0.1, -0.05) is 25.3 Å². The maximum absolute atomic E-state index is 11.8. The molecule has 1 fully saturated rings. The Balaban J connectivity index is 1.93. The molecule has 1 saturated carbocycles. The summed E-state index contributed by atoms with van der Waals surface area (Å²) in [6, 6.07) is 4.70. The molecule has 0 heterocycles. The molecule has 0 unspecified atom stereocenters. The number of carbonyl (C=O) groups is 1. The van der Waals surface area contributed by atoms with E-state index >= 15 is 0 Å². The minimum absolute atomic E-state index is 0.144. The predicted octanol–water partition coefficient (Wildman–Crippen LogP) is 2.71. The number of ether oxygens (including phenoxy) is 1. The second-order valence-electron chi connectivity index (χ2n) is 4.85. The number of hydrogen-bond acceptors (Lipinski definition) is 4. The van der Waals surface area contributed by atoms with Crippen LogP contribution in [0.4, 0.5) is 5.69 Å². The van der Waals surface area contributed by atoms with E-state index in [0.29, 0.717) is 12.5 Å². The van der Waals surface area contributed by atoms with Crippen LogP contribution < -0.4 is 5.73 Å². The number of esters is 1. The molecule has 0 atom stereocenters. The van der Waals surface area contributed by atoms with Gasteiger partial charge in [0.15, 0.2) is 5.75 Å². The van der Waals surface area contributed by atoms with E-state index in [1.807, 2.05) is 0 Å². The Hall–Kier alpha value is -1.71. The van der Waals surface area contributed by atoms with Crippen LogP contribution in [-0.4, -0.2) is 17.7 Å². The first-order valence-electron chi connectivity index (χ1n) is 6.43. The van der Waals surface area contributed by atoms with Gasteiger partial charge in [-0.3, -0.25) is 0 Å². The molecule has 0 radical (unpaired) electrons. The molecule has 0 aromatic heterocycles. The van der Waals surface area contributed by atoms with Crippen molar-refractivity contribution in [2.45, 2.75) is 32.1 Å². The minimum Gasteiger partial charge on any atom is -0.505 e. The largest absolute Gasteiger partial charge is 0.505 e. The van der Waals surface area contributed by atoms with Crippen molar-refractivity contribution in [2.24, 2.45) is 5.92 Å². The van der Waals surface area contributed by atoms with Gasteiger partial charge in [-0.05, 0) is 30.9 Å². The third-order valence-electron chi connectivity index (χ3n) is 3.46. The first kappa shape index (κ1) is 12.7. The van der Waals surface area contributed by atoms with Crippen LogP contribution in [-0.2, 0) is 4.74 Å². The maximum Gasteiger partial charge on any atom is 0.342 e. The van der Waals surface area contributed by atoms with E-state index in [2.05, 4.69) is 0 Å². The molecule has 4 heteroatoms. The van der Waals surface area contributed by atoms with Crippen molar-refractivity contribution in [3.63, 3.8) is 0 Å². The molecule has 2 rings (SSSR count). The number of rotatable bonds is 3. The van der Waals surface area contributed by atoms with Gasteiger partial charge in [-0.2, -0.15) is 0 Å². The molecular formula is C14H19NO3. The van der Waals surface area contributed by atoms with Gasteiger partial charge in [-0.15, -0.1) is 0 Å². The highest BCUT2D eigenvalue weighted by atomic mass is 16.5. The normalized spacial score (nSPS) is 16.4. The number of phenols is 1. The van der Waals surface area contributed by atoms with Gasteiger partial charge in [0, 0.05) is 0 Å². The summed E-state index contributed by atoms with van der Waals surface area (Å²) >= 11 is 0. The highest BCUT2D eigenvalue weighted by molar-refractivity contribution is 5.94. The lowest BCUT2D eigenvalue weighted by atomic mass is 9.90. The first-order valence-corrected chi connectivity index (χ1v) is 6.43. The van der Waals surface area contributed by atoms with E-state index in [1.165, 1.54) is 25.3 Å². The number of benzene rings is 1. The van der Waals surface area contributed by atoms with E-state index in [9.17, 15) is 9.90 Å². The van der Waals surface area contributed by atoms with Gasteiger partial charge < -0.3 is 15.6 Å². The summed E-state index contributed by atoms with van der Waals surface area (Å²) in [4.78, 5) is 11.8. The summed E-state index contributed by atoms with van der Waals surface area (Å²) in [5.41, 5.74) is 5.88. The van der Waals surface area contributed by atoms with Crippen molar-refractivity contribution < 1.29 is 14.6 Å². The quantitative estimate of drug-likeness (QED) is 0.491. The van der Waals surface area contributed by atoms with Crippen molar-refractivity contribution in [3.8, 4) is 5.75 Å². The monoisotopic (exact) mass is 249 g/mol. The fourth-order valence-electron chi connectivity index (χ4n) is 2.35. The van der Waals surface area contributed by atoms with Crippen LogP contribution in [0.1, 0.15) is 42.5 Å². The van der Waals surface area contributed by atoms with Crippen LogP contribution in [0.3, 0.4) is 0 Å². The van der Waals surface area contributed by atoms with Crippen LogP contribution >= 0.6 is 0 Å². The fraction of sp³-hybridized carbons (Fsp3) is 0.500. The Morgan fingerprint density at radius 1 is 1.33 bits per heavy atom. The number of nitrogens with two attached hydrogens (primary N) is 1. The molecule has 1 aromatic rings. The van der Waals surface area contributed by atoms with Crippen molar-refractivity contribution in [1.82, 2.24) is 0 Å². The highest BCUT2D eigenvalue weighted by Gasteiger charge is 2.18. The van der Waals surface area contributed by atoms with Crippen molar-refractivity contribution >= 4 is 11.7 Å². The Labute approximate surface area is 107 Å². The SMILES string of the molecule is Nc1cccc(C(=O)OCC2CCCCC2)c1O. The average Bonchev–Trinajstić information content (AvgIpc) is 2.40. The zero-order valence-electron chi connectivity index (χ0n) is 10.4. The second-order valence-corrected chi connectivity index (χ2v) is 4.85. The van der Waals surface area contributed by atoms with Gasteiger partial charge >= 0.3 is 5.97 Å². The van der Waals surface area contributed by atoms with Crippen LogP contribution in [0.25, 0.3) is 0 Å². The zero-order valence-corrected chi connectivity index (χ0v) is 10.4. The standard InChI is InChI=1S/C14H19NO3/c15-12-8-4-7-11(13(12)16)14(17)18-9-10-5-2-1-3-6-10/h4,7-8,10,16H,1-3,5-6,9,15H2. The van der Waals surface area contributed by atoms with Crippen LogP contribution in [0.5, 0.6) is 5.75 Å². The molecule has 1 aromatic carbocycles. The summed E-state index contributed by atoms with van der Waals surface area (Å²) in [6.07, 6.45) is 5.95. The first-order chi connectivity index (χ1) is 8.68. The van der Waals surface area contributed by atoms with E-state index < -0.39 is 5.97 Å². The lowest BCUT2D eigenvalue weighted by molar-refractivity contribution is 0.0407. The smallest absolute Gasteiger partial charge is 0.342 e. The maximum atomic E-state index is 11.8. The van der Waals surface area contributed by atoms with Crippen molar-refractivity contribution in [1.29, 1.82) is 0 Å². The number of anilines is 1. The Bertz CT molecular complexity index is 425. The van der Waals surface area contributed by atoms with Crippen LogP contribution in [0.15, 0.2) is 18.2 Å². The Morgan fingerprint density at radius 2 is 2.06 bits per heavy atom. The molecule has 1 aliphatic carbocycles. The van der Waals surface area contributed by atoms with Gasteiger partial charge in [0.05, 0.1) is 12.3 Å². The summed E-state index contributed by atoms with van der Waals surface area (Å²) in [5.74, 6) is -0.220. The highest BCUT2D eigenvalue weighted by Crippen LogP contribution is 2.27. The lowest BCUT2D eigenvalue weighted by Gasteiger charge is -2.21. The molecule has 4 nitrogen and oxygen atoms in total. The summed E-state index contributed by atoms with van der Waals surface area (Å²) < 4.78 is 5.25. The number of phenolic OH excluding ortho intramolecular Hbond substituents is 1. The molecule has 0 bridgehead atoms. The minimum atomic E-state index is -0.495. The second kappa shape index (κ2) is 5.76. The molecule has 1 aliphatic rings. The third kappa shape index (κ3) is 2.94. The number of carbonyl (C=O) groups excluding carboxylic acids is 1. The van der Waals surface area contributed by atoms with E-state index in [-0.39, 0.29) is 17.0 Å². The van der Waals surface area contributed by atoms with E-state index in [0.717, 1.165) is 12.8 Å².